The SMILES string of the molecule is C[C@H](Sc1nc2ccccc2n1CCC#N)C(=O)NC1CCCCC1. The Bertz CT molecular complexity index is 773. The summed E-state index contributed by atoms with van der Waals surface area (Å²) in [4.78, 5) is 17.2. The molecule has 1 amide bonds. The lowest BCUT2D eigenvalue weighted by atomic mass is 9.95. The third kappa shape index (κ3) is 4.35. The second-order valence-corrected chi connectivity index (χ2v) is 7.85. The minimum absolute atomic E-state index is 0.0794. The number of aromatic nitrogens is 2. The smallest absolute Gasteiger partial charge is 0.233 e. The first-order chi connectivity index (χ1) is 12.2. The van der Waals surface area contributed by atoms with E-state index in [1.165, 1.54) is 31.0 Å². The second-order valence-electron chi connectivity index (χ2n) is 6.55. The van der Waals surface area contributed by atoms with Crippen molar-refractivity contribution in [2.24, 2.45) is 0 Å². The summed E-state index contributed by atoms with van der Waals surface area (Å²) in [6.07, 6.45) is 6.29. The number of thioether (sulfide) groups is 1. The first-order valence-corrected chi connectivity index (χ1v) is 9.86. The maximum atomic E-state index is 12.5. The highest BCUT2D eigenvalue weighted by Gasteiger charge is 2.22. The molecular formula is C19H24N4OS. The number of nitrogens with zero attached hydrogens (tertiary/aromatic N) is 3. The van der Waals surface area contributed by atoms with Crippen molar-refractivity contribution in [3.63, 3.8) is 0 Å². The van der Waals surface area contributed by atoms with Crippen molar-refractivity contribution in [3.8, 4) is 6.07 Å². The fourth-order valence-electron chi connectivity index (χ4n) is 3.30. The molecule has 25 heavy (non-hydrogen) atoms. The van der Waals surface area contributed by atoms with Crippen LogP contribution in [0, 0.1) is 11.3 Å². The Hall–Kier alpha value is -2.00. The molecule has 1 aliphatic rings. The van der Waals surface area contributed by atoms with Gasteiger partial charge in [0.1, 0.15) is 0 Å². The van der Waals surface area contributed by atoms with Crippen molar-refractivity contribution in [2.75, 3.05) is 0 Å². The van der Waals surface area contributed by atoms with E-state index in [0.717, 1.165) is 29.0 Å². The summed E-state index contributed by atoms with van der Waals surface area (Å²) >= 11 is 1.47. The van der Waals surface area contributed by atoms with Crippen molar-refractivity contribution < 1.29 is 4.79 Å². The molecule has 0 bridgehead atoms. The van der Waals surface area contributed by atoms with Crippen LogP contribution in [0.15, 0.2) is 29.4 Å². The van der Waals surface area contributed by atoms with Crippen LogP contribution in [0.3, 0.4) is 0 Å². The Morgan fingerprint density at radius 1 is 1.40 bits per heavy atom. The van der Waals surface area contributed by atoms with Gasteiger partial charge in [0.15, 0.2) is 5.16 Å². The maximum Gasteiger partial charge on any atom is 0.233 e. The van der Waals surface area contributed by atoms with Crippen LogP contribution in [0.4, 0.5) is 0 Å². The van der Waals surface area contributed by atoms with Crippen LogP contribution in [0.2, 0.25) is 0 Å². The number of rotatable bonds is 6. The predicted octanol–water partition coefficient (Wildman–Crippen LogP) is 3.88. The molecule has 1 saturated carbocycles. The summed E-state index contributed by atoms with van der Waals surface area (Å²) in [5.41, 5.74) is 1.92. The largest absolute Gasteiger partial charge is 0.352 e. The number of para-hydroxylation sites is 2. The number of amides is 1. The van der Waals surface area contributed by atoms with Gasteiger partial charge in [-0.25, -0.2) is 4.98 Å². The van der Waals surface area contributed by atoms with Gasteiger partial charge in [-0.2, -0.15) is 5.26 Å². The Balaban J connectivity index is 1.72. The summed E-state index contributed by atoms with van der Waals surface area (Å²) in [7, 11) is 0. The molecule has 0 aliphatic heterocycles. The fraction of sp³-hybridized carbons (Fsp3) is 0.526. The third-order valence-corrected chi connectivity index (χ3v) is 5.76. The predicted molar refractivity (Wildman–Crippen MR) is 100 cm³/mol. The lowest BCUT2D eigenvalue weighted by Crippen LogP contribution is -2.40. The number of benzene rings is 1. The molecule has 1 atom stereocenters. The van der Waals surface area contributed by atoms with Gasteiger partial charge in [0.05, 0.1) is 28.8 Å². The molecule has 5 nitrogen and oxygen atoms in total. The summed E-state index contributed by atoms with van der Waals surface area (Å²) in [5, 5.41) is 12.7. The molecule has 0 saturated heterocycles. The monoisotopic (exact) mass is 356 g/mol. The van der Waals surface area contributed by atoms with Crippen molar-refractivity contribution in [2.45, 2.75) is 68.4 Å². The number of hydrogen-bond acceptors (Lipinski definition) is 4. The Labute approximate surface area is 152 Å². The van der Waals surface area contributed by atoms with Gasteiger partial charge in [-0.15, -0.1) is 0 Å². The maximum absolute atomic E-state index is 12.5. The molecule has 2 aromatic rings. The Morgan fingerprint density at radius 2 is 2.16 bits per heavy atom. The zero-order valence-corrected chi connectivity index (χ0v) is 15.4. The molecule has 0 unspecified atom stereocenters. The second kappa shape index (κ2) is 8.39. The first-order valence-electron chi connectivity index (χ1n) is 8.98. The molecule has 1 aromatic heterocycles. The van der Waals surface area contributed by atoms with Crippen LogP contribution in [-0.2, 0) is 11.3 Å². The molecule has 0 spiro atoms. The summed E-state index contributed by atoms with van der Waals surface area (Å²) in [6.45, 7) is 2.52. The van der Waals surface area contributed by atoms with E-state index < -0.39 is 0 Å². The molecule has 6 heteroatoms. The lowest BCUT2D eigenvalue weighted by Gasteiger charge is -2.24. The van der Waals surface area contributed by atoms with Crippen molar-refractivity contribution in [3.05, 3.63) is 24.3 Å². The molecule has 3 rings (SSSR count). The minimum atomic E-state index is -0.209. The van der Waals surface area contributed by atoms with Gasteiger partial charge in [0.2, 0.25) is 5.91 Å². The average molecular weight is 356 g/mol. The zero-order valence-electron chi connectivity index (χ0n) is 14.6. The Kier molecular flexibility index (Phi) is 5.98. The Morgan fingerprint density at radius 3 is 2.92 bits per heavy atom. The van der Waals surface area contributed by atoms with Gasteiger partial charge in [-0.1, -0.05) is 43.2 Å². The molecule has 1 aromatic carbocycles. The van der Waals surface area contributed by atoms with Crippen LogP contribution in [-0.4, -0.2) is 26.8 Å². The summed E-state index contributed by atoms with van der Waals surface area (Å²) in [5.74, 6) is 0.0794. The van der Waals surface area contributed by atoms with Gasteiger partial charge in [-0.3, -0.25) is 4.79 Å². The highest BCUT2D eigenvalue weighted by atomic mass is 32.2. The van der Waals surface area contributed by atoms with E-state index >= 15 is 0 Å². The molecule has 1 aliphatic carbocycles. The van der Waals surface area contributed by atoms with Gasteiger partial charge in [0, 0.05) is 12.6 Å². The van der Waals surface area contributed by atoms with Crippen LogP contribution >= 0.6 is 11.8 Å². The number of aryl methyl sites for hydroxylation is 1. The number of carbonyl (C=O) groups excluding carboxylic acids is 1. The van der Waals surface area contributed by atoms with Crippen molar-refractivity contribution in [1.29, 1.82) is 5.26 Å². The highest BCUT2D eigenvalue weighted by Crippen LogP contribution is 2.28. The quantitative estimate of drug-likeness (QED) is 0.797. The number of nitriles is 1. The molecule has 1 heterocycles. The van der Waals surface area contributed by atoms with Gasteiger partial charge < -0.3 is 9.88 Å². The van der Waals surface area contributed by atoms with E-state index in [-0.39, 0.29) is 11.2 Å². The van der Waals surface area contributed by atoms with E-state index in [1.807, 2.05) is 35.8 Å². The van der Waals surface area contributed by atoms with Crippen LogP contribution in [0.5, 0.6) is 0 Å². The first kappa shape index (κ1) is 17.8. The van der Waals surface area contributed by atoms with Gasteiger partial charge in [0.25, 0.3) is 0 Å². The average Bonchev–Trinajstić information content (AvgIpc) is 2.97. The van der Waals surface area contributed by atoms with E-state index in [4.69, 9.17) is 5.26 Å². The van der Waals surface area contributed by atoms with Crippen LogP contribution < -0.4 is 5.32 Å². The van der Waals surface area contributed by atoms with Gasteiger partial charge >= 0.3 is 0 Å². The standard InChI is InChI=1S/C19H24N4OS/c1-14(18(24)21-15-8-3-2-4-9-15)25-19-22-16-10-5-6-11-17(16)23(19)13-7-12-20/h5-6,10-11,14-15H,2-4,7-9,13H2,1H3,(H,21,24)/t14-/m0/s1. The van der Waals surface area contributed by atoms with Crippen molar-refractivity contribution in [1.82, 2.24) is 14.9 Å². The number of fused-ring (bicyclic) bond motifs is 1. The molecular weight excluding hydrogens is 332 g/mol. The highest BCUT2D eigenvalue weighted by molar-refractivity contribution is 8.00. The number of imidazole rings is 1. The third-order valence-electron chi connectivity index (χ3n) is 4.67. The van der Waals surface area contributed by atoms with Crippen LogP contribution in [0.1, 0.15) is 45.4 Å². The number of hydrogen-bond donors (Lipinski definition) is 1. The van der Waals surface area contributed by atoms with Crippen LogP contribution in [0.25, 0.3) is 11.0 Å². The molecule has 1 fully saturated rings. The topological polar surface area (TPSA) is 70.7 Å². The normalized spacial score (nSPS) is 16.5. The molecule has 132 valence electrons. The molecule has 0 radical (unpaired) electrons. The summed E-state index contributed by atoms with van der Waals surface area (Å²) in [6, 6.07) is 10.4. The summed E-state index contributed by atoms with van der Waals surface area (Å²) < 4.78 is 2.05. The van der Waals surface area contributed by atoms with E-state index in [2.05, 4.69) is 16.4 Å². The molecule has 1 N–H and O–H groups in total. The van der Waals surface area contributed by atoms with E-state index in [1.54, 1.807) is 0 Å². The van der Waals surface area contributed by atoms with E-state index in [9.17, 15) is 4.79 Å². The zero-order chi connectivity index (χ0) is 17.6. The van der Waals surface area contributed by atoms with E-state index in [0.29, 0.717) is 19.0 Å². The lowest BCUT2D eigenvalue weighted by molar-refractivity contribution is -0.121. The number of nitrogens with one attached hydrogen (secondary N) is 1. The van der Waals surface area contributed by atoms with Crippen molar-refractivity contribution >= 4 is 28.7 Å². The fourth-order valence-corrected chi connectivity index (χ4v) is 4.26. The number of carbonyl (C=O) groups is 1. The minimum Gasteiger partial charge on any atom is -0.352 e. The van der Waals surface area contributed by atoms with Gasteiger partial charge in [-0.05, 0) is 31.9 Å².